The minimum atomic E-state index is -0.158. The number of aromatic nitrogens is 1. The van der Waals surface area contributed by atoms with E-state index in [0.29, 0.717) is 19.6 Å². The van der Waals surface area contributed by atoms with Crippen LogP contribution in [0, 0.1) is 0 Å². The number of nitrogens with one attached hydrogen (secondary N) is 1. The van der Waals surface area contributed by atoms with Crippen molar-refractivity contribution in [3.63, 3.8) is 0 Å². The van der Waals surface area contributed by atoms with Crippen LogP contribution < -0.4 is 5.32 Å². The highest BCUT2D eigenvalue weighted by atomic mass is 32.1. The molecular formula is C14H18N2O2S. The highest BCUT2D eigenvalue weighted by Gasteiger charge is 2.08. The number of nitrogens with zero attached hydrogens (tertiary/aromatic N) is 1. The molecule has 0 saturated heterocycles. The fourth-order valence-electron chi connectivity index (χ4n) is 1.84. The molecule has 2 aromatic heterocycles. The number of hydrogen-bond acceptors (Lipinski definition) is 5. The average molecular weight is 278 g/mol. The fourth-order valence-corrected chi connectivity index (χ4v) is 2.63. The summed E-state index contributed by atoms with van der Waals surface area (Å²) in [4.78, 5) is 15.6. The first-order chi connectivity index (χ1) is 9.20. The van der Waals surface area contributed by atoms with E-state index in [1.807, 2.05) is 24.6 Å². The lowest BCUT2D eigenvalue weighted by atomic mass is 10.1. The van der Waals surface area contributed by atoms with Crippen molar-refractivity contribution >= 4 is 27.5 Å². The second-order valence-electron chi connectivity index (χ2n) is 4.30. The van der Waals surface area contributed by atoms with E-state index < -0.39 is 0 Å². The van der Waals surface area contributed by atoms with Crippen molar-refractivity contribution in [2.75, 3.05) is 13.2 Å². The third kappa shape index (κ3) is 3.75. The molecule has 4 nitrogen and oxygen atoms in total. The Morgan fingerprint density at radius 3 is 3.21 bits per heavy atom. The van der Waals surface area contributed by atoms with Crippen molar-refractivity contribution in [1.82, 2.24) is 10.3 Å². The molecule has 5 heteroatoms. The first-order valence-corrected chi connectivity index (χ1v) is 7.31. The van der Waals surface area contributed by atoms with Gasteiger partial charge in [-0.2, -0.15) is 0 Å². The van der Waals surface area contributed by atoms with Crippen LogP contribution in [-0.2, 0) is 9.53 Å². The number of rotatable bonds is 6. The van der Waals surface area contributed by atoms with E-state index in [1.165, 1.54) is 4.70 Å². The van der Waals surface area contributed by atoms with Gasteiger partial charge in [-0.3, -0.25) is 9.78 Å². The van der Waals surface area contributed by atoms with Crippen LogP contribution in [0.4, 0.5) is 0 Å². The summed E-state index contributed by atoms with van der Waals surface area (Å²) in [5.74, 6) is -0.158. The zero-order valence-corrected chi connectivity index (χ0v) is 12.0. The summed E-state index contributed by atoms with van der Waals surface area (Å²) in [6, 6.07) is 4.34. The largest absolute Gasteiger partial charge is 0.466 e. The molecule has 1 N–H and O–H groups in total. The van der Waals surface area contributed by atoms with Crippen molar-refractivity contribution in [3.8, 4) is 0 Å². The van der Waals surface area contributed by atoms with Crippen LogP contribution in [0.2, 0.25) is 0 Å². The van der Waals surface area contributed by atoms with E-state index in [0.717, 1.165) is 11.1 Å². The van der Waals surface area contributed by atoms with Gasteiger partial charge in [0.05, 0.1) is 23.2 Å². The molecule has 1 unspecified atom stereocenters. The van der Waals surface area contributed by atoms with Crippen LogP contribution in [0.15, 0.2) is 23.7 Å². The Morgan fingerprint density at radius 1 is 1.58 bits per heavy atom. The summed E-state index contributed by atoms with van der Waals surface area (Å²) in [6.07, 6.45) is 2.28. The molecular weight excluding hydrogens is 260 g/mol. The van der Waals surface area contributed by atoms with Gasteiger partial charge in [-0.1, -0.05) is 0 Å². The van der Waals surface area contributed by atoms with Crippen molar-refractivity contribution in [2.45, 2.75) is 26.3 Å². The monoisotopic (exact) mass is 278 g/mol. The fraction of sp³-hybridized carbons (Fsp3) is 0.429. The third-order valence-electron chi connectivity index (χ3n) is 2.91. The Morgan fingerprint density at radius 2 is 2.42 bits per heavy atom. The van der Waals surface area contributed by atoms with E-state index in [1.54, 1.807) is 11.3 Å². The summed E-state index contributed by atoms with van der Waals surface area (Å²) in [5, 5.41) is 5.35. The summed E-state index contributed by atoms with van der Waals surface area (Å²) in [5.41, 5.74) is 2.17. The summed E-state index contributed by atoms with van der Waals surface area (Å²) >= 11 is 1.69. The van der Waals surface area contributed by atoms with Crippen molar-refractivity contribution in [3.05, 3.63) is 29.3 Å². The van der Waals surface area contributed by atoms with Crippen LogP contribution in [0.3, 0.4) is 0 Å². The second kappa shape index (κ2) is 6.63. The Bertz CT molecular complexity index is 553. The molecule has 2 aromatic rings. The number of fused-ring (bicyclic) bond motifs is 1. The number of hydrogen-bond donors (Lipinski definition) is 1. The van der Waals surface area contributed by atoms with Crippen LogP contribution in [0.1, 0.15) is 31.9 Å². The topological polar surface area (TPSA) is 51.2 Å². The summed E-state index contributed by atoms with van der Waals surface area (Å²) in [6.45, 7) is 4.94. The summed E-state index contributed by atoms with van der Waals surface area (Å²) < 4.78 is 6.08. The lowest BCUT2D eigenvalue weighted by Crippen LogP contribution is -2.22. The zero-order chi connectivity index (χ0) is 13.7. The lowest BCUT2D eigenvalue weighted by molar-refractivity contribution is -0.143. The standard InChI is InChI=1S/C14H18N2O2S/c1-3-18-14(17)4-6-15-10(2)11-8-13-12(16-9-11)5-7-19-13/h5,7-10,15H,3-4,6H2,1-2H3. The van der Waals surface area contributed by atoms with E-state index in [2.05, 4.69) is 23.3 Å². The van der Waals surface area contributed by atoms with Crippen LogP contribution >= 0.6 is 11.3 Å². The molecule has 0 aliphatic carbocycles. The number of carbonyl (C=O) groups excluding carboxylic acids is 1. The van der Waals surface area contributed by atoms with Gasteiger partial charge in [-0.05, 0) is 36.9 Å². The molecule has 0 aromatic carbocycles. The number of ether oxygens (including phenoxy) is 1. The maximum Gasteiger partial charge on any atom is 0.307 e. The SMILES string of the molecule is CCOC(=O)CCNC(C)c1cnc2ccsc2c1. The Hall–Kier alpha value is -1.46. The average Bonchev–Trinajstić information content (AvgIpc) is 2.86. The van der Waals surface area contributed by atoms with Crippen LogP contribution in [0.5, 0.6) is 0 Å². The quantitative estimate of drug-likeness (QED) is 0.825. The number of thiophene rings is 1. The Labute approximate surface area is 116 Å². The summed E-state index contributed by atoms with van der Waals surface area (Å²) in [7, 11) is 0. The van der Waals surface area contributed by atoms with Crippen LogP contribution in [-0.4, -0.2) is 24.1 Å². The zero-order valence-electron chi connectivity index (χ0n) is 11.2. The van der Waals surface area contributed by atoms with E-state index in [-0.39, 0.29) is 12.0 Å². The smallest absolute Gasteiger partial charge is 0.307 e. The normalized spacial score (nSPS) is 12.5. The van der Waals surface area contributed by atoms with Gasteiger partial charge in [0.15, 0.2) is 0 Å². The lowest BCUT2D eigenvalue weighted by Gasteiger charge is -2.13. The number of carbonyl (C=O) groups is 1. The van der Waals surface area contributed by atoms with Crippen molar-refractivity contribution in [2.24, 2.45) is 0 Å². The molecule has 0 amide bonds. The molecule has 0 radical (unpaired) electrons. The minimum Gasteiger partial charge on any atom is -0.466 e. The highest BCUT2D eigenvalue weighted by Crippen LogP contribution is 2.22. The maximum absolute atomic E-state index is 11.2. The number of esters is 1. The molecule has 0 bridgehead atoms. The second-order valence-corrected chi connectivity index (χ2v) is 5.25. The highest BCUT2D eigenvalue weighted by molar-refractivity contribution is 7.17. The molecule has 0 aliphatic heterocycles. The molecule has 2 rings (SSSR count). The molecule has 0 spiro atoms. The Kier molecular flexibility index (Phi) is 4.87. The van der Waals surface area contributed by atoms with Gasteiger partial charge in [0, 0.05) is 18.8 Å². The minimum absolute atomic E-state index is 0.158. The predicted molar refractivity (Wildman–Crippen MR) is 77.3 cm³/mol. The molecule has 19 heavy (non-hydrogen) atoms. The maximum atomic E-state index is 11.2. The van der Waals surface area contributed by atoms with Gasteiger partial charge in [-0.25, -0.2) is 0 Å². The van der Waals surface area contributed by atoms with Gasteiger partial charge in [0.2, 0.25) is 0 Å². The van der Waals surface area contributed by atoms with Gasteiger partial charge in [0.1, 0.15) is 0 Å². The molecule has 0 saturated carbocycles. The molecule has 1 atom stereocenters. The van der Waals surface area contributed by atoms with Gasteiger partial charge < -0.3 is 10.1 Å². The first kappa shape index (κ1) is 14.0. The van der Waals surface area contributed by atoms with Gasteiger partial charge in [-0.15, -0.1) is 11.3 Å². The third-order valence-corrected chi connectivity index (χ3v) is 3.76. The van der Waals surface area contributed by atoms with Gasteiger partial charge >= 0.3 is 5.97 Å². The first-order valence-electron chi connectivity index (χ1n) is 6.43. The van der Waals surface area contributed by atoms with E-state index in [9.17, 15) is 4.79 Å². The van der Waals surface area contributed by atoms with Crippen LogP contribution in [0.25, 0.3) is 10.2 Å². The molecule has 2 heterocycles. The van der Waals surface area contributed by atoms with Gasteiger partial charge in [0.25, 0.3) is 0 Å². The van der Waals surface area contributed by atoms with E-state index in [4.69, 9.17) is 4.74 Å². The predicted octanol–water partition coefficient (Wildman–Crippen LogP) is 2.90. The van der Waals surface area contributed by atoms with E-state index >= 15 is 0 Å². The Balaban J connectivity index is 1.88. The number of pyridine rings is 1. The van der Waals surface area contributed by atoms with Crippen molar-refractivity contribution < 1.29 is 9.53 Å². The molecule has 0 aliphatic rings. The molecule has 0 fully saturated rings. The van der Waals surface area contributed by atoms with Crippen molar-refractivity contribution in [1.29, 1.82) is 0 Å². The molecule has 102 valence electrons.